The van der Waals surface area contributed by atoms with Gasteiger partial charge >= 0.3 is 0 Å². The maximum Gasteiger partial charge on any atom is 0.234 e. The van der Waals surface area contributed by atoms with Crippen LogP contribution in [0.5, 0.6) is 0 Å². The number of fused-ring (bicyclic) bond motifs is 2. The van der Waals surface area contributed by atoms with E-state index in [0.717, 1.165) is 34.8 Å². The number of hydrazine groups is 1. The Morgan fingerprint density at radius 2 is 1.41 bits per heavy atom. The number of carbonyl (C=O) groups is 1. The van der Waals surface area contributed by atoms with Crippen molar-refractivity contribution in [1.29, 1.82) is 0 Å². The van der Waals surface area contributed by atoms with Crippen molar-refractivity contribution in [3.8, 4) is 0 Å². The van der Waals surface area contributed by atoms with Crippen molar-refractivity contribution < 1.29 is 4.79 Å². The van der Waals surface area contributed by atoms with E-state index in [1.165, 1.54) is 0 Å². The number of nitrogens with one attached hydrogen (secondary N) is 1. The Labute approximate surface area is 186 Å². The van der Waals surface area contributed by atoms with E-state index in [2.05, 4.69) is 38.8 Å². The van der Waals surface area contributed by atoms with Crippen LogP contribution in [0.4, 0.5) is 0 Å². The molecule has 0 unspecified atom stereocenters. The minimum atomic E-state index is -0.00962. The second kappa shape index (κ2) is 8.85. The molecule has 2 aromatic heterocycles. The first-order chi connectivity index (χ1) is 14.1. The van der Waals surface area contributed by atoms with Gasteiger partial charge < -0.3 is 9.13 Å². The topological polar surface area (TPSA) is 42.2 Å². The van der Waals surface area contributed by atoms with E-state index < -0.39 is 0 Å². The summed E-state index contributed by atoms with van der Waals surface area (Å²) in [5.74, 6) is -0.00962. The first-order valence-corrected chi connectivity index (χ1v) is 11.7. The van der Waals surface area contributed by atoms with Crippen molar-refractivity contribution in [3.05, 3.63) is 56.4 Å². The van der Waals surface area contributed by atoms with Crippen molar-refractivity contribution in [2.75, 3.05) is 0 Å². The fraction of sp³-hybridized carbons (Fsp3) is 0.250. The van der Waals surface area contributed by atoms with Crippen molar-refractivity contribution in [2.45, 2.75) is 33.1 Å². The van der Waals surface area contributed by atoms with Crippen LogP contribution in [0.3, 0.4) is 0 Å². The third-order valence-electron chi connectivity index (χ3n) is 4.53. The molecule has 1 amide bonds. The Bertz CT molecular complexity index is 1190. The van der Waals surface area contributed by atoms with Gasteiger partial charge in [0.15, 0.2) is 7.91 Å². The van der Waals surface area contributed by atoms with Crippen LogP contribution in [-0.4, -0.2) is 20.1 Å². The van der Waals surface area contributed by atoms with Crippen LogP contribution in [-0.2, 0) is 18.1 Å². The Hall–Kier alpha value is -1.91. The van der Waals surface area contributed by atoms with Gasteiger partial charge in [-0.1, -0.05) is 31.2 Å². The standard InChI is InChI=1S/C20H20N4OS4/c1-2-7-18(25)21-22(12-23-14-8-3-5-10-16(14)28-19(23)26)13-24-15-9-4-6-11-17(15)29-20(24)27/h3-6,8-11H,2,7,12-13H2,1H3,(H,21,25). The summed E-state index contributed by atoms with van der Waals surface area (Å²) in [6.45, 7) is 2.89. The van der Waals surface area contributed by atoms with Gasteiger partial charge in [-0.15, -0.1) is 22.7 Å². The van der Waals surface area contributed by atoms with Crippen LogP contribution < -0.4 is 5.43 Å². The van der Waals surface area contributed by atoms with Gasteiger partial charge in [0.05, 0.1) is 33.8 Å². The van der Waals surface area contributed by atoms with E-state index in [-0.39, 0.29) is 5.91 Å². The molecule has 2 heterocycles. The molecule has 4 aromatic rings. The molecule has 0 saturated carbocycles. The zero-order chi connectivity index (χ0) is 20.4. The Balaban J connectivity index is 1.70. The van der Waals surface area contributed by atoms with Gasteiger partial charge in [0.25, 0.3) is 0 Å². The molecule has 150 valence electrons. The second-order valence-electron chi connectivity index (χ2n) is 6.64. The molecule has 4 rings (SSSR count). The quantitative estimate of drug-likeness (QED) is 0.274. The van der Waals surface area contributed by atoms with Gasteiger partial charge in [0.1, 0.15) is 0 Å². The minimum absolute atomic E-state index is 0.00962. The van der Waals surface area contributed by atoms with E-state index >= 15 is 0 Å². The first kappa shape index (κ1) is 20.4. The maximum atomic E-state index is 12.4. The van der Waals surface area contributed by atoms with Gasteiger partial charge in [0.2, 0.25) is 5.91 Å². The third-order valence-corrected chi connectivity index (χ3v) is 7.39. The third kappa shape index (κ3) is 4.34. The number of benzene rings is 2. The summed E-state index contributed by atoms with van der Waals surface area (Å²) in [4.78, 5) is 12.4. The highest BCUT2D eigenvalue weighted by atomic mass is 32.2. The average Bonchev–Trinajstić information content (AvgIpc) is 3.18. The average molecular weight is 461 g/mol. The molecule has 0 atom stereocenters. The van der Waals surface area contributed by atoms with Crippen LogP contribution >= 0.6 is 47.1 Å². The summed E-state index contributed by atoms with van der Waals surface area (Å²) in [5, 5.41) is 1.89. The SMILES string of the molecule is CCCC(=O)NN(Cn1c(=S)sc2ccccc21)Cn1c(=S)sc2ccccc21. The van der Waals surface area contributed by atoms with Crippen molar-refractivity contribution in [1.82, 2.24) is 19.6 Å². The lowest BCUT2D eigenvalue weighted by Gasteiger charge is -2.24. The second-order valence-corrected chi connectivity index (χ2v) is 9.99. The molecule has 0 bridgehead atoms. The Kier molecular flexibility index (Phi) is 6.21. The minimum Gasteiger partial charge on any atom is -0.308 e. The van der Waals surface area contributed by atoms with Gasteiger partial charge in [-0.25, -0.2) is 0 Å². The molecular weight excluding hydrogens is 441 g/mol. The monoisotopic (exact) mass is 460 g/mol. The zero-order valence-electron chi connectivity index (χ0n) is 15.8. The lowest BCUT2D eigenvalue weighted by molar-refractivity contribution is -0.127. The highest BCUT2D eigenvalue weighted by molar-refractivity contribution is 7.74. The van der Waals surface area contributed by atoms with E-state index in [9.17, 15) is 4.79 Å². The number of nitrogens with zero attached hydrogens (tertiary/aromatic N) is 3. The van der Waals surface area contributed by atoms with Crippen molar-refractivity contribution >= 4 is 73.4 Å². The normalized spacial score (nSPS) is 11.5. The van der Waals surface area contributed by atoms with Gasteiger partial charge in [-0.2, -0.15) is 5.01 Å². The summed E-state index contributed by atoms with van der Waals surface area (Å²) in [6.07, 6.45) is 1.27. The number of thiazole rings is 2. The number of hydrogen-bond acceptors (Lipinski definition) is 6. The van der Waals surface area contributed by atoms with E-state index in [4.69, 9.17) is 24.4 Å². The molecule has 0 saturated heterocycles. The molecule has 0 fully saturated rings. The summed E-state index contributed by atoms with van der Waals surface area (Å²) < 4.78 is 7.93. The van der Waals surface area contributed by atoms with Crippen LogP contribution in [0.2, 0.25) is 0 Å². The smallest absolute Gasteiger partial charge is 0.234 e. The summed E-state index contributed by atoms with van der Waals surface area (Å²) >= 11 is 14.4. The molecule has 1 N–H and O–H groups in total. The van der Waals surface area contributed by atoms with E-state index in [1.54, 1.807) is 22.7 Å². The molecular formula is C20H20N4OS4. The molecule has 0 aliphatic heterocycles. The highest BCUT2D eigenvalue weighted by Gasteiger charge is 2.15. The number of rotatable bonds is 7. The molecule has 29 heavy (non-hydrogen) atoms. The fourth-order valence-corrected chi connectivity index (χ4v) is 5.83. The summed E-state index contributed by atoms with van der Waals surface area (Å²) in [5.41, 5.74) is 5.18. The van der Waals surface area contributed by atoms with Crippen molar-refractivity contribution in [3.63, 3.8) is 0 Å². The predicted octanol–water partition coefficient (Wildman–Crippen LogP) is 5.93. The van der Waals surface area contributed by atoms with E-state index in [1.807, 2.05) is 36.2 Å². The predicted molar refractivity (Wildman–Crippen MR) is 126 cm³/mol. The largest absolute Gasteiger partial charge is 0.308 e. The first-order valence-electron chi connectivity index (χ1n) is 9.28. The molecule has 0 radical (unpaired) electrons. The molecule has 0 aliphatic rings. The van der Waals surface area contributed by atoms with Gasteiger partial charge in [-0.3, -0.25) is 10.2 Å². The van der Waals surface area contributed by atoms with Crippen LogP contribution in [0.15, 0.2) is 48.5 Å². The van der Waals surface area contributed by atoms with E-state index in [0.29, 0.717) is 19.8 Å². The molecule has 0 aliphatic carbocycles. The highest BCUT2D eigenvalue weighted by Crippen LogP contribution is 2.25. The fourth-order valence-electron chi connectivity index (χ4n) is 3.21. The number of aromatic nitrogens is 2. The maximum absolute atomic E-state index is 12.4. The van der Waals surface area contributed by atoms with Gasteiger partial charge in [-0.05, 0) is 55.1 Å². The molecule has 2 aromatic carbocycles. The Morgan fingerprint density at radius 3 is 1.90 bits per heavy atom. The number of amides is 1. The van der Waals surface area contributed by atoms with Crippen LogP contribution in [0.1, 0.15) is 19.8 Å². The van der Waals surface area contributed by atoms with Gasteiger partial charge in [0, 0.05) is 6.42 Å². The zero-order valence-corrected chi connectivity index (χ0v) is 19.1. The number of carbonyl (C=O) groups excluding carboxylic acids is 1. The van der Waals surface area contributed by atoms with Crippen LogP contribution in [0.25, 0.3) is 20.4 Å². The lowest BCUT2D eigenvalue weighted by atomic mass is 10.3. The summed E-state index contributed by atoms with van der Waals surface area (Å²) in [7, 11) is 0. The number of para-hydroxylation sites is 2. The lowest BCUT2D eigenvalue weighted by Crippen LogP contribution is -2.44. The molecule has 0 spiro atoms. The molecule has 5 nitrogen and oxygen atoms in total. The Morgan fingerprint density at radius 1 is 0.931 bits per heavy atom. The molecule has 9 heteroatoms. The van der Waals surface area contributed by atoms with Crippen LogP contribution in [0, 0.1) is 7.91 Å². The summed E-state index contributed by atoms with van der Waals surface area (Å²) in [6, 6.07) is 16.3. The number of hydrogen-bond donors (Lipinski definition) is 1. The van der Waals surface area contributed by atoms with Crippen molar-refractivity contribution in [2.24, 2.45) is 0 Å².